The largest absolute Gasteiger partial charge is 0.464 e. The number of anilines is 2. The first-order chi connectivity index (χ1) is 10.1. The number of hydrogen-bond donors (Lipinski definition) is 2. The van der Waals surface area contributed by atoms with Crippen LogP contribution >= 0.6 is 0 Å². The molecule has 1 unspecified atom stereocenters. The van der Waals surface area contributed by atoms with E-state index in [4.69, 9.17) is 9.47 Å². The lowest BCUT2D eigenvalue weighted by molar-refractivity contribution is 0.126. The first-order valence-corrected chi connectivity index (χ1v) is 7.57. The normalized spacial score (nSPS) is 12.3. The predicted molar refractivity (Wildman–Crippen MR) is 83.9 cm³/mol. The Labute approximate surface area is 126 Å². The second-order valence-corrected chi connectivity index (χ2v) is 4.88. The van der Waals surface area contributed by atoms with Gasteiger partial charge in [0, 0.05) is 13.2 Å². The molecule has 0 aromatic carbocycles. The van der Waals surface area contributed by atoms with Crippen molar-refractivity contribution in [1.82, 2.24) is 15.0 Å². The van der Waals surface area contributed by atoms with Crippen LogP contribution in [0.2, 0.25) is 0 Å². The Morgan fingerprint density at radius 3 is 2.29 bits per heavy atom. The van der Waals surface area contributed by atoms with Crippen LogP contribution in [-0.2, 0) is 4.74 Å². The van der Waals surface area contributed by atoms with Crippen molar-refractivity contribution in [3.05, 3.63) is 0 Å². The van der Waals surface area contributed by atoms with Gasteiger partial charge in [-0.2, -0.15) is 15.0 Å². The minimum Gasteiger partial charge on any atom is -0.464 e. The third-order valence-corrected chi connectivity index (χ3v) is 2.84. The van der Waals surface area contributed by atoms with E-state index in [0.717, 1.165) is 6.54 Å². The van der Waals surface area contributed by atoms with Crippen LogP contribution in [0.5, 0.6) is 6.01 Å². The number of nitrogens with zero attached hydrogens (tertiary/aromatic N) is 3. The zero-order valence-electron chi connectivity index (χ0n) is 13.6. The van der Waals surface area contributed by atoms with Crippen molar-refractivity contribution >= 4 is 11.9 Å². The quantitative estimate of drug-likeness (QED) is 0.685. The molecule has 0 fully saturated rings. The van der Waals surface area contributed by atoms with E-state index < -0.39 is 0 Å². The minimum atomic E-state index is 0.135. The van der Waals surface area contributed by atoms with Crippen LogP contribution in [0.4, 0.5) is 11.9 Å². The average Bonchev–Trinajstić information content (AvgIpc) is 2.43. The fraction of sp³-hybridized carbons (Fsp3) is 0.786. The van der Waals surface area contributed by atoms with Gasteiger partial charge in [0.05, 0.1) is 19.3 Å². The lowest BCUT2D eigenvalue weighted by Crippen LogP contribution is -2.32. The Balaban J connectivity index is 2.87. The molecule has 7 nitrogen and oxygen atoms in total. The standard InChI is InChI=1S/C14H27N5O2/c1-6-15-12-17-13(19-14(18-12)21-8-3)16-11(10(4)5)9-20-7-2/h10-11H,6-9H2,1-5H3,(H2,15,16,17,18,19). The summed E-state index contributed by atoms with van der Waals surface area (Å²) in [6.45, 7) is 12.7. The van der Waals surface area contributed by atoms with Crippen LogP contribution in [0.3, 0.4) is 0 Å². The molecule has 1 atom stereocenters. The van der Waals surface area contributed by atoms with Gasteiger partial charge in [0.2, 0.25) is 11.9 Å². The van der Waals surface area contributed by atoms with Gasteiger partial charge in [-0.1, -0.05) is 13.8 Å². The van der Waals surface area contributed by atoms with Crippen molar-refractivity contribution in [2.75, 3.05) is 37.0 Å². The van der Waals surface area contributed by atoms with Gasteiger partial charge in [0.15, 0.2) is 0 Å². The topological polar surface area (TPSA) is 81.2 Å². The van der Waals surface area contributed by atoms with Crippen molar-refractivity contribution in [2.45, 2.75) is 40.7 Å². The van der Waals surface area contributed by atoms with Crippen molar-refractivity contribution in [3.63, 3.8) is 0 Å². The second-order valence-electron chi connectivity index (χ2n) is 4.88. The predicted octanol–water partition coefficient (Wildman–Crippen LogP) is 2.18. The zero-order valence-corrected chi connectivity index (χ0v) is 13.6. The number of rotatable bonds is 10. The molecule has 7 heteroatoms. The molecule has 1 heterocycles. The number of nitrogens with one attached hydrogen (secondary N) is 2. The molecule has 1 aromatic heterocycles. The van der Waals surface area contributed by atoms with Crippen LogP contribution in [0, 0.1) is 5.92 Å². The minimum absolute atomic E-state index is 0.135. The molecule has 0 aliphatic rings. The van der Waals surface area contributed by atoms with Crippen LogP contribution in [0.25, 0.3) is 0 Å². The SMILES string of the molecule is CCNc1nc(NC(COCC)C(C)C)nc(OCC)n1. The molecular weight excluding hydrogens is 270 g/mol. The molecule has 0 saturated carbocycles. The first-order valence-electron chi connectivity index (χ1n) is 7.57. The van der Waals surface area contributed by atoms with E-state index in [1.165, 1.54) is 0 Å². The zero-order chi connectivity index (χ0) is 15.7. The van der Waals surface area contributed by atoms with Gasteiger partial charge in [0.1, 0.15) is 0 Å². The first kappa shape index (κ1) is 17.4. The van der Waals surface area contributed by atoms with E-state index in [9.17, 15) is 0 Å². The van der Waals surface area contributed by atoms with Crippen molar-refractivity contribution in [2.24, 2.45) is 5.92 Å². The summed E-state index contributed by atoms with van der Waals surface area (Å²) in [6.07, 6.45) is 0. The summed E-state index contributed by atoms with van der Waals surface area (Å²) in [5.41, 5.74) is 0. The fourth-order valence-electron chi connectivity index (χ4n) is 1.66. The van der Waals surface area contributed by atoms with Crippen molar-refractivity contribution in [3.8, 4) is 6.01 Å². The Morgan fingerprint density at radius 2 is 1.71 bits per heavy atom. The third kappa shape index (κ3) is 6.12. The molecule has 21 heavy (non-hydrogen) atoms. The Hall–Kier alpha value is -1.63. The highest BCUT2D eigenvalue weighted by Crippen LogP contribution is 2.14. The Kier molecular flexibility index (Phi) is 7.74. The van der Waals surface area contributed by atoms with Crippen LogP contribution in [0.15, 0.2) is 0 Å². The maximum absolute atomic E-state index is 5.50. The van der Waals surface area contributed by atoms with E-state index in [-0.39, 0.29) is 6.04 Å². The lowest BCUT2D eigenvalue weighted by atomic mass is 10.1. The highest BCUT2D eigenvalue weighted by molar-refractivity contribution is 5.36. The molecule has 120 valence electrons. The number of aromatic nitrogens is 3. The Bertz CT molecular complexity index is 390. The molecule has 0 aliphatic heterocycles. The van der Waals surface area contributed by atoms with Gasteiger partial charge in [-0.15, -0.1) is 0 Å². The van der Waals surface area contributed by atoms with Crippen LogP contribution < -0.4 is 15.4 Å². The van der Waals surface area contributed by atoms with Crippen molar-refractivity contribution < 1.29 is 9.47 Å². The van der Waals surface area contributed by atoms with Gasteiger partial charge in [-0.3, -0.25) is 0 Å². The van der Waals surface area contributed by atoms with Gasteiger partial charge >= 0.3 is 6.01 Å². The second kappa shape index (κ2) is 9.33. The molecule has 0 bridgehead atoms. The molecular formula is C14H27N5O2. The molecule has 1 rings (SSSR count). The molecule has 0 amide bonds. The molecule has 0 radical (unpaired) electrons. The molecule has 0 spiro atoms. The highest BCUT2D eigenvalue weighted by atomic mass is 16.5. The monoisotopic (exact) mass is 297 g/mol. The summed E-state index contributed by atoms with van der Waals surface area (Å²) in [4.78, 5) is 12.8. The Morgan fingerprint density at radius 1 is 1.00 bits per heavy atom. The summed E-state index contributed by atoms with van der Waals surface area (Å²) in [7, 11) is 0. The van der Waals surface area contributed by atoms with E-state index in [1.807, 2.05) is 20.8 Å². The summed E-state index contributed by atoms with van der Waals surface area (Å²) in [5.74, 6) is 1.41. The van der Waals surface area contributed by atoms with E-state index in [1.54, 1.807) is 0 Å². The van der Waals surface area contributed by atoms with Crippen molar-refractivity contribution in [1.29, 1.82) is 0 Å². The van der Waals surface area contributed by atoms with Gasteiger partial charge in [-0.05, 0) is 26.7 Å². The lowest BCUT2D eigenvalue weighted by Gasteiger charge is -2.22. The molecule has 0 aliphatic carbocycles. The van der Waals surface area contributed by atoms with E-state index >= 15 is 0 Å². The van der Waals surface area contributed by atoms with Crippen LogP contribution in [-0.4, -0.2) is 47.4 Å². The average molecular weight is 297 g/mol. The summed E-state index contributed by atoms with van der Waals surface area (Å²) < 4.78 is 10.9. The summed E-state index contributed by atoms with van der Waals surface area (Å²) in [6, 6.07) is 0.459. The number of ether oxygens (including phenoxy) is 2. The molecule has 2 N–H and O–H groups in total. The number of hydrogen-bond acceptors (Lipinski definition) is 7. The maximum Gasteiger partial charge on any atom is 0.323 e. The summed E-state index contributed by atoms with van der Waals surface area (Å²) >= 11 is 0. The maximum atomic E-state index is 5.50. The fourth-order valence-corrected chi connectivity index (χ4v) is 1.66. The van der Waals surface area contributed by atoms with Gasteiger partial charge in [0.25, 0.3) is 0 Å². The van der Waals surface area contributed by atoms with Gasteiger partial charge in [-0.25, -0.2) is 0 Å². The van der Waals surface area contributed by atoms with Crippen LogP contribution in [0.1, 0.15) is 34.6 Å². The van der Waals surface area contributed by atoms with E-state index in [0.29, 0.717) is 43.6 Å². The smallest absolute Gasteiger partial charge is 0.323 e. The van der Waals surface area contributed by atoms with E-state index in [2.05, 4.69) is 39.4 Å². The van der Waals surface area contributed by atoms with Gasteiger partial charge < -0.3 is 20.1 Å². The highest BCUT2D eigenvalue weighted by Gasteiger charge is 2.16. The molecule has 0 saturated heterocycles. The molecule has 1 aromatic rings. The third-order valence-electron chi connectivity index (χ3n) is 2.84. The summed E-state index contributed by atoms with van der Waals surface area (Å²) in [5, 5.41) is 6.38.